The van der Waals surface area contributed by atoms with Crippen LogP contribution in [0.3, 0.4) is 0 Å². The zero-order valence-electron chi connectivity index (χ0n) is 16.1. The first-order valence-electron chi connectivity index (χ1n) is 9.98. The van der Waals surface area contributed by atoms with E-state index in [0.29, 0.717) is 5.92 Å². The molecule has 1 N–H and O–H groups in total. The first kappa shape index (κ1) is 17.5. The molecule has 1 aromatic carbocycles. The van der Waals surface area contributed by atoms with Gasteiger partial charge in [-0.1, -0.05) is 32.0 Å². The van der Waals surface area contributed by atoms with Crippen molar-refractivity contribution in [1.29, 1.82) is 0 Å². The molecule has 4 rings (SSSR count). The van der Waals surface area contributed by atoms with Crippen LogP contribution in [0.1, 0.15) is 56.7 Å². The Morgan fingerprint density at radius 2 is 1.85 bits per heavy atom. The zero-order valence-corrected chi connectivity index (χ0v) is 16.1. The molecule has 4 heteroatoms. The average molecular weight is 351 g/mol. The van der Waals surface area contributed by atoms with Gasteiger partial charge in [0.05, 0.1) is 11.2 Å². The van der Waals surface area contributed by atoms with Gasteiger partial charge in [-0.15, -0.1) is 0 Å². The highest BCUT2D eigenvalue weighted by atomic mass is 16.1. The molecule has 2 aromatic rings. The zero-order chi connectivity index (χ0) is 18.3. The molecule has 1 amide bonds. The third kappa shape index (κ3) is 3.35. The molecule has 1 aromatic heterocycles. The number of carbonyl (C=O) groups is 1. The molecule has 2 aliphatic rings. The standard InChI is InChI=1S/C22H29N3O/c1-14(2)20-15(3)23-19-7-5-4-6-18(19)21(20)24-22(26)16-10-12-25(13-11-16)17-8-9-17/h4-7,14,16-17H,8-13H2,1-3H3,(H,23,24,26). The maximum absolute atomic E-state index is 13.0. The average Bonchev–Trinajstić information content (AvgIpc) is 3.46. The molecule has 0 radical (unpaired) electrons. The molecule has 1 aliphatic heterocycles. The van der Waals surface area contributed by atoms with Crippen molar-refractivity contribution in [3.8, 4) is 0 Å². The van der Waals surface area contributed by atoms with Gasteiger partial charge in [-0.05, 0) is 57.7 Å². The summed E-state index contributed by atoms with van der Waals surface area (Å²) >= 11 is 0. The molecule has 0 bridgehead atoms. The topological polar surface area (TPSA) is 45.2 Å². The largest absolute Gasteiger partial charge is 0.325 e. The van der Waals surface area contributed by atoms with Crippen LogP contribution in [0.5, 0.6) is 0 Å². The maximum Gasteiger partial charge on any atom is 0.227 e. The second-order valence-electron chi connectivity index (χ2n) is 8.19. The number of amides is 1. The Labute approximate surface area is 156 Å². The summed E-state index contributed by atoms with van der Waals surface area (Å²) in [4.78, 5) is 20.4. The third-order valence-corrected chi connectivity index (χ3v) is 5.91. The molecule has 1 saturated carbocycles. The van der Waals surface area contributed by atoms with Crippen molar-refractivity contribution in [1.82, 2.24) is 9.88 Å². The van der Waals surface area contributed by atoms with Crippen molar-refractivity contribution < 1.29 is 4.79 Å². The Hall–Kier alpha value is -1.94. The smallest absolute Gasteiger partial charge is 0.227 e. The fourth-order valence-electron chi connectivity index (χ4n) is 4.38. The Morgan fingerprint density at radius 1 is 1.15 bits per heavy atom. The lowest BCUT2D eigenvalue weighted by Gasteiger charge is -2.31. The molecule has 1 saturated heterocycles. The number of pyridine rings is 1. The number of carbonyl (C=O) groups excluding carboxylic acids is 1. The highest BCUT2D eigenvalue weighted by molar-refractivity contribution is 6.03. The van der Waals surface area contributed by atoms with Crippen LogP contribution in [-0.4, -0.2) is 34.9 Å². The minimum absolute atomic E-state index is 0.122. The Morgan fingerprint density at radius 3 is 2.50 bits per heavy atom. The van der Waals surface area contributed by atoms with E-state index in [2.05, 4.69) is 30.1 Å². The molecule has 2 heterocycles. The predicted molar refractivity (Wildman–Crippen MR) is 107 cm³/mol. The van der Waals surface area contributed by atoms with E-state index in [-0.39, 0.29) is 11.8 Å². The van der Waals surface area contributed by atoms with E-state index >= 15 is 0 Å². The van der Waals surface area contributed by atoms with Crippen molar-refractivity contribution in [3.05, 3.63) is 35.5 Å². The maximum atomic E-state index is 13.0. The highest BCUT2D eigenvalue weighted by Crippen LogP contribution is 2.35. The van der Waals surface area contributed by atoms with Crippen LogP contribution in [-0.2, 0) is 4.79 Å². The molecule has 138 valence electrons. The minimum atomic E-state index is 0.122. The van der Waals surface area contributed by atoms with Gasteiger partial charge in [0.2, 0.25) is 5.91 Å². The number of aryl methyl sites for hydroxylation is 1. The van der Waals surface area contributed by atoms with E-state index in [1.54, 1.807) is 0 Å². The number of nitrogens with zero attached hydrogens (tertiary/aromatic N) is 2. The molecular weight excluding hydrogens is 322 g/mol. The van der Waals surface area contributed by atoms with Crippen molar-refractivity contribution >= 4 is 22.5 Å². The van der Waals surface area contributed by atoms with Gasteiger partial charge in [0.15, 0.2) is 0 Å². The van der Waals surface area contributed by atoms with Crippen LogP contribution < -0.4 is 5.32 Å². The van der Waals surface area contributed by atoms with Crippen LogP contribution in [0.2, 0.25) is 0 Å². The number of nitrogens with one attached hydrogen (secondary N) is 1. The summed E-state index contributed by atoms with van der Waals surface area (Å²) in [5, 5.41) is 4.35. The summed E-state index contributed by atoms with van der Waals surface area (Å²) in [5.41, 5.74) is 4.09. The normalized spacial score (nSPS) is 19.2. The van der Waals surface area contributed by atoms with Gasteiger partial charge < -0.3 is 10.2 Å². The molecule has 1 aliphatic carbocycles. The van der Waals surface area contributed by atoms with Crippen molar-refractivity contribution in [2.24, 2.45) is 5.92 Å². The Kier molecular flexibility index (Phi) is 4.70. The van der Waals surface area contributed by atoms with Crippen molar-refractivity contribution in [3.63, 3.8) is 0 Å². The van der Waals surface area contributed by atoms with E-state index in [0.717, 1.165) is 59.8 Å². The van der Waals surface area contributed by atoms with E-state index in [9.17, 15) is 4.79 Å². The fraction of sp³-hybridized carbons (Fsp3) is 0.545. The molecule has 2 fully saturated rings. The van der Waals surface area contributed by atoms with Crippen LogP contribution in [0.15, 0.2) is 24.3 Å². The summed E-state index contributed by atoms with van der Waals surface area (Å²) < 4.78 is 0. The molecule has 0 atom stereocenters. The second-order valence-corrected chi connectivity index (χ2v) is 8.19. The predicted octanol–water partition coefficient (Wildman–Crippen LogP) is 4.48. The SMILES string of the molecule is Cc1nc2ccccc2c(NC(=O)C2CCN(C3CC3)CC2)c1C(C)C. The number of anilines is 1. The Bertz CT molecular complexity index is 817. The lowest BCUT2D eigenvalue weighted by atomic mass is 9.93. The number of hydrogen-bond acceptors (Lipinski definition) is 3. The number of para-hydroxylation sites is 1. The number of fused-ring (bicyclic) bond motifs is 1. The van der Waals surface area contributed by atoms with Crippen LogP contribution >= 0.6 is 0 Å². The number of likely N-dealkylation sites (tertiary alicyclic amines) is 1. The highest BCUT2D eigenvalue weighted by Gasteiger charge is 2.34. The van der Waals surface area contributed by atoms with Crippen molar-refractivity contribution in [2.75, 3.05) is 18.4 Å². The van der Waals surface area contributed by atoms with Gasteiger partial charge in [-0.25, -0.2) is 0 Å². The first-order chi connectivity index (χ1) is 12.5. The molecule has 4 nitrogen and oxygen atoms in total. The van der Waals surface area contributed by atoms with Gasteiger partial charge in [0.1, 0.15) is 0 Å². The molecule has 0 spiro atoms. The van der Waals surface area contributed by atoms with E-state index < -0.39 is 0 Å². The van der Waals surface area contributed by atoms with Gasteiger partial charge >= 0.3 is 0 Å². The quantitative estimate of drug-likeness (QED) is 0.883. The monoisotopic (exact) mass is 351 g/mol. The molecule has 0 unspecified atom stereocenters. The lowest BCUT2D eigenvalue weighted by molar-refractivity contribution is -0.121. The number of piperidine rings is 1. The van der Waals surface area contributed by atoms with Gasteiger partial charge in [0.25, 0.3) is 0 Å². The molecule has 26 heavy (non-hydrogen) atoms. The number of aromatic nitrogens is 1. The van der Waals surface area contributed by atoms with Gasteiger partial charge in [-0.3, -0.25) is 9.78 Å². The Balaban J connectivity index is 1.59. The number of benzene rings is 1. The van der Waals surface area contributed by atoms with E-state index in [4.69, 9.17) is 4.98 Å². The van der Waals surface area contributed by atoms with Gasteiger partial charge in [0, 0.05) is 28.6 Å². The second kappa shape index (κ2) is 6.99. The summed E-state index contributed by atoms with van der Waals surface area (Å²) in [6, 6.07) is 8.92. The summed E-state index contributed by atoms with van der Waals surface area (Å²) in [5.74, 6) is 0.620. The summed E-state index contributed by atoms with van der Waals surface area (Å²) in [6.45, 7) is 8.52. The van der Waals surface area contributed by atoms with Crippen LogP contribution in [0.4, 0.5) is 5.69 Å². The number of hydrogen-bond donors (Lipinski definition) is 1. The van der Waals surface area contributed by atoms with Crippen LogP contribution in [0.25, 0.3) is 10.9 Å². The van der Waals surface area contributed by atoms with E-state index in [1.165, 1.54) is 12.8 Å². The molecular formula is C22H29N3O. The lowest BCUT2D eigenvalue weighted by Crippen LogP contribution is -2.39. The van der Waals surface area contributed by atoms with Crippen LogP contribution in [0, 0.1) is 12.8 Å². The van der Waals surface area contributed by atoms with Gasteiger partial charge in [-0.2, -0.15) is 0 Å². The first-order valence-corrected chi connectivity index (χ1v) is 9.98. The number of rotatable bonds is 4. The van der Waals surface area contributed by atoms with Crippen molar-refractivity contribution in [2.45, 2.75) is 58.4 Å². The fourth-order valence-corrected chi connectivity index (χ4v) is 4.38. The summed E-state index contributed by atoms with van der Waals surface area (Å²) in [7, 11) is 0. The minimum Gasteiger partial charge on any atom is -0.325 e. The van der Waals surface area contributed by atoms with E-state index in [1.807, 2.05) is 25.1 Å². The third-order valence-electron chi connectivity index (χ3n) is 5.91. The summed E-state index contributed by atoms with van der Waals surface area (Å²) in [6.07, 6.45) is 4.64.